The second-order valence-corrected chi connectivity index (χ2v) is 5.36. The molecule has 1 atom stereocenters. The molecule has 1 unspecified atom stereocenters. The number of hydrogen-bond donors (Lipinski definition) is 3. The van der Waals surface area contributed by atoms with E-state index in [1.165, 1.54) is 36.7 Å². The summed E-state index contributed by atoms with van der Waals surface area (Å²) < 4.78 is 13.9. The summed E-state index contributed by atoms with van der Waals surface area (Å²) in [6.07, 6.45) is 0.444. The molecule has 0 aromatic carbocycles. The molecule has 116 valence electrons. The molecule has 0 bridgehead atoms. The first-order valence-corrected chi connectivity index (χ1v) is 6.57. The molecule has 22 heavy (non-hydrogen) atoms. The molecule has 7 heteroatoms. The van der Waals surface area contributed by atoms with Gasteiger partial charge in [0.2, 0.25) is 0 Å². The van der Waals surface area contributed by atoms with Gasteiger partial charge in [-0.1, -0.05) is 13.8 Å². The van der Waals surface area contributed by atoms with Crippen LogP contribution in [0.3, 0.4) is 0 Å². The number of aliphatic hydroxyl groups excluding tert-OH is 1. The van der Waals surface area contributed by atoms with Crippen molar-refractivity contribution in [3.05, 3.63) is 53.9 Å². The number of nitrogens with one attached hydrogen (secondary N) is 1. The zero-order chi connectivity index (χ0) is 16.3. The predicted molar refractivity (Wildman–Crippen MR) is 78.1 cm³/mol. The Hall–Kier alpha value is -2.54. The number of carboxylic acid groups (broad SMARTS) is 1. The van der Waals surface area contributed by atoms with E-state index in [1.807, 2.05) is 0 Å². The summed E-state index contributed by atoms with van der Waals surface area (Å²) >= 11 is 0. The van der Waals surface area contributed by atoms with Crippen molar-refractivity contribution < 1.29 is 19.4 Å². The number of pyridine rings is 2. The Balaban J connectivity index is 2.28. The Morgan fingerprint density at radius 2 is 2.05 bits per heavy atom. The second-order valence-electron chi connectivity index (χ2n) is 5.36. The molecule has 1 amide bonds. The third-order valence-electron chi connectivity index (χ3n) is 3.37. The molecule has 2 rings (SSSR count). The molecular formula is C15H16FN3O3. The Morgan fingerprint density at radius 3 is 2.59 bits per heavy atom. The average molecular weight is 305 g/mol. The topological polar surface area (TPSA) is 95.3 Å². The van der Waals surface area contributed by atoms with Gasteiger partial charge in [-0.2, -0.15) is 0 Å². The van der Waals surface area contributed by atoms with Crippen LogP contribution in [-0.4, -0.2) is 26.3 Å². The summed E-state index contributed by atoms with van der Waals surface area (Å²) in [6.45, 7) is 3.32. The van der Waals surface area contributed by atoms with E-state index in [0.29, 0.717) is 5.69 Å². The van der Waals surface area contributed by atoms with E-state index >= 15 is 0 Å². The Kier molecular flexibility index (Phi) is 4.37. The van der Waals surface area contributed by atoms with E-state index in [-0.39, 0.29) is 11.4 Å². The van der Waals surface area contributed by atoms with Crippen molar-refractivity contribution in [2.75, 3.05) is 5.32 Å². The smallest absolute Gasteiger partial charge is 0.409 e. The van der Waals surface area contributed by atoms with Gasteiger partial charge in [-0.3, -0.25) is 15.3 Å². The Bertz CT molecular complexity index is 674. The van der Waals surface area contributed by atoms with Crippen LogP contribution in [0.1, 0.15) is 31.3 Å². The molecule has 0 aliphatic carbocycles. The lowest BCUT2D eigenvalue weighted by Gasteiger charge is -2.29. The van der Waals surface area contributed by atoms with Gasteiger partial charge in [0.05, 0.1) is 23.3 Å². The molecule has 3 N–H and O–H groups in total. The highest BCUT2D eigenvalue weighted by Crippen LogP contribution is 2.36. The molecule has 0 radical (unpaired) electrons. The molecule has 0 spiro atoms. The molecule has 0 fully saturated rings. The quantitative estimate of drug-likeness (QED) is 0.807. The predicted octanol–water partition coefficient (Wildman–Crippen LogP) is 2.72. The van der Waals surface area contributed by atoms with E-state index in [9.17, 15) is 14.3 Å². The van der Waals surface area contributed by atoms with Gasteiger partial charge in [-0.15, -0.1) is 0 Å². The van der Waals surface area contributed by atoms with E-state index in [1.54, 1.807) is 13.8 Å². The molecule has 0 aliphatic rings. The molecular weight excluding hydrogens is 289 g/mol. The highest BCUT2D eigenvalue weighted by molar-refractivity contribution is 5.82. The second kappa shape index (κ2) is 6.07. The maximum atomic E-state index is 13.9. The van der Waals surface area contributed by atoms with E-state index in [0.717, 1.165) is 0 Å². The van der Waals surface area contributed by atoms with E-state index in [2.05, 4.69) is 15.3 Å². The number of carbonyl (C=O) groups is 1. The molecule has 2 heterocycles. The standard InChI is InChI=1S/C15H16FN3O3/c1-15(2,12-10(16)4-3-7-17-12)13(20)11-6-5-9(8-18-11)19-14(21)22/h3-8,13,19-20H,1-2H3,(H,21,22). The highest BCUT2D eigenvalue weighted by atomic mass is 19.1. The summed E-state index contributed by atoms with van der Waals surface area (Å²) in [5, 5.41) is 21.3. The number of rotatable bonds is 4. The van der Waals surface area contributed by atoms with Crippen molar-refractivity contribution in [2.24, 2.45) is 0 Å². The number of hydrogen-bond acceptors (Lipinski definition) is 4. The van der Waals surface area contributed by atoms with Crippen LogP contribution >= 0.6 is 0 Å². The van der Waals surface area contributed by atoms with Crippen LogP contribution in [0.5, 0.6) is 0 Å². The fourth-order valence-electron chi connectivity index (χ4n) is 2.12. The third kappa shape index (κ3) is 3.20. The number of anilines is 1. The number of amides is 1. The molecule has 2 aromatic heterocycles. The van der Waals surface area contributed by atoms with Gasteiger partial charge in [0.1, 0.15) is 11.9 Å². The normalized spacial score (nSPS) is 12.7. The summed E-state index contributed by atoms with van der Waals surface area (Å²) in [7, 11) is 0. The summed E-state index contributed by atoms with van der Waals surface area (Å²) in [4.78, 5) is 18.6. The minimum atomic E-state index is -1.20. The third-order valence-corrected chi connectivity index (χ3v) is 3.37. The first-order valence-electron chi connectivity index (χ1n) is 6.57. The SMILES string of the molecule is CC(C)(c1ncccc1F)C(O)c1ccc(NC(=O)O)cn1. The minimum absolute atomic E-state index is 0.136. The first-order chi connectivity index (χ1) is 10.3. The molecule has 0 saturated carbocycles. The van der Waals surface area contributed by atoms with Crippen molar-refractivity contribution in [3.8, 4) is 0 Å². The zero-order valence-electron chi connectivity index (χ0n) is 12.1. The molecule has 0 saturated heterocycles. The lowest BCUT2D eigenvalue weighted by molar-refractivity contribution is 0.0914. The van der Waals surface area contributed by atoms with Crippen molar-refractivity contribution in [1.29, 1.82) is 0 Å². The lowest BCUT2D eigenvalue weighted by atomic mass is 9.80. The number of nitrogens with zero attached hydrogens (tertiary/aromatic N) is 2. The summed E-state index contributed by atoms with van der Waals surface area (Å²) in [6, 6.07) is 5.72. The largest absolute Gasteiger partial charge is 0.465 e. The molecule has 0 aliphatic heterocycles. The lowest BCUT2D eigenvalue weighted by Crippen LogP contribution is -2.29. The van der Waals surface area contributed by atoms with Crippen LogP contribution in [0, 0.1) is 5.82 Å². The number of halogens is 1. The number of aromatic nitrogens is 2. The van der Waals surface area contributed by atoms with Gasteiger partial charge in [0.15, 0.2) is 0 Å². The molecule has 2 aromatic rings. The van der Waals surface area contributed by atoms with Gasteiger partial charge in [0, 0.05) is 11.6 Å². The van der Waals surface area contributed by atoms with Crippen molar-refractivity contribution in [1.82, 2.24) is 9.97 Å². The monoisotopic (exact) mass is 305 g/mol. The van der Waals surface area contributed by atoms with Crippen LogP contribution in [0.15, 0.2) is 36.7 Å². The Morgan fingerprint density at radius 1 is 1.32 bits per heavy atom. The van der Waals surface area contributed by atoms with Crippen LogP contribution in [-0.2, 0) is 5.41 Å². The van der Waals surface area contributed by atoms with Gasteiger partial charge in [-0.25, -0.2) is 9.18 Å². The summed E-state index contributed by atoms with van der Waals surface area (Å²) in [5.74, 6) is -0.504. The number of aliphatic hydroxyl groups is 1. The van der Waals surface area contributed by atoms with Gasteiger partial charge >= 0.3 is 6.09 Å². The van der Waals surface area contributed by atoms with E-state index in [4.69, 9.17) is 5.11 Å². The van der Waals surface area contributed by atoms with Gasteiger partial charge in [-0.05, 0) is 24.3 Å². The minimum Gasteiger partial charge on any atom is -0.465 e. The maximum Gasteiger partial charge on any atom is 0.409 e. The van der Waals surface area contributed by atoms with Crippen LogP contribution in [0.25, 0.3) is 0 Å². The van der Waals surface area contributed by atoms with Crippen LogP contribution in [0.2, 0.25) is 0 Å². The van der Waals surface area contributed by atoms with E-state index < -0.39 is 23.4 Å². The zero-order valence-corrected chi connectivity index (χ0v) is 12.1. The van der Waals surface area contributed by atoms with Crippen LogP contribution < -0.4 is 5.32 Å². The van der Waals surface area contributed by atoms with Crippen molar-refractivity contribution in [3.63, 3.8) is 0 Å². The van der Waals surface area contributed by atoms with Crippen molar-refractivity contribution in [2.45, 2.75) is 25.4 Å². The van der Waals surface area contributed by atoms with Gasteiger partial charge in [0.25, 0.3) is 0 Å². The van der Waals surface area contributed by atoms with Crippen LogP contribution in [0.4, 0.5) is 14.9 Å². The highest BCUT2D eigenvalue weighted by Gasteiger charge is 2.35. The summed E-state index contributed by atoms with van der Waals surface area (Å²) in [5.41, 5.74) is -0.284. The average Bonchev–Trinajstić information content (AvgIpc) is 2.47. The first kappa shape index (κ1) is 15.8. The Labute approximate surface area is 126 Å². The molecule has 6 nitrogen and oxygen atoms in total. The fraction of sp³-hybridized carbons (Fsp3) is 0.267. The van der Waals surface area contributed by atoms with Gasteiger partial charge < -0.3 is 10.2 Å². The fourth-order valence-corrected chi connectivity index (χ4v) is 2.12. The van der Waals surface area contributed by atoms with Crippen molar-refractivity contribution >= 4 is 11.8 Å². The maximum absolute atomic E-state index is 13.9.